The second-order valence-electron chi connectivity index (χ2n) is 8.25. The van der Waals surface area contributed by atoms with Crippen molar-refractivity contribution < 1.29 is 28.5 Å². The molecular weight excluding hydrogens is 484 g/mol. The number of amides is 2. The molecule has 0 saturated carbocycles. The predicted octanol–water partition coefficient (Wildman–Crippen LogP) is 4.92. The molecule has 3 aromatic rings. The largest absolute Gasteiger partial charge is 0.493 e. The summed E-state index contributed by atoms with van der Waals surface area (Å²) in [5.41, 5.74) is 2.13. The summed E-state index contributed by atoms with van der Waals surface area (Å²) in [6.45, 7) is 0. The maximum Gasteiger partial charge on any atom is 0.254 e. The average molecular weight is 511 g/mol. The van der Waals surface area contributed by atoms with Gasteiger partial charge < -0.3 is 29.2 Å². The van der Waals surface area contributed by atoms with Crippen LogP contribution in [0, 0.1) is 0 Å². The van der Waals surface area contributed by atoms with Crippen LogP contribution in [0.4, 0.5) is 5.69 Å². The summed E-state index contributed by atoms with van der Waals surface area (Å²) >= 11 is 6.14. The Morgan fingerprint density at radius 3 is 2.14 bits per heavy atom. The minimum absolute atomic E-state index is 0.252. The minimum atomic E-state index is -0.792. The van der Waals surface area contributed by atoms with Gasteiger partial charge in [0.15, 0.2) is 23.0 Å². The number of hydrogen-bond donors (Lipinski definition) is 1. The second kappa shape index (κ2) is 10.4. The summed E-state index contributed by atoms with van der Waals surface area (Å²) in [6, 6.07) is 14.9. The normalized spacial score (nSPS) is 16.7. The molecule has 2 atom stereocenters. The highest BCUT2D eigenvalue weighted by Gasteiger charge is 2.44. The molecule has 9 heteroatoms. The van der Waals surface area contributed by atoms with Gasteiger partial charge in [0.05, 0.1) is 40.4 Å². The van der Waals surface area contributed by atoms with Crippen LogP contribution in [0.2, 0.25) is 5.02 Å². The van der Waals surface area contributed by atoms with Crippen molar-refractivity contribution >= 4 is 29.1 Å². The highest BCUT2D eigenvalue weighted by molar-refractivity contribution is 6.30. The number of methoxy groups -OCH3 is 4. The number of halogens is 1. The van der Waals surface area contributed by atoms with E-state index in [4.69, 9.17) is 30.5 Å². The second-order valence-corrected chi connectivity index (χ2v) is 8.68. The zero-order valence-electron chi connectivity index (χ0n) is 20.6. The minimum Gasteiger partial charge on any atom is -0.493 e. The van der Waals surface area contributed by atoms with Crippen LogP contribution in [0.1, 0.15) is 33.4 Å². The number of rotatable bonds is 7. The van der Waals surface area contributed by atoms with Gasteiger partial charge in [0.2, 0.25) is 5.91 Å². The highest BCUT2D eigenvalue weighted by Crippen LogP contribution is 2.47. The first-order chi connectivity index (χ1) is 17.3. The maximum atomic E-state index is 13.9. The van der Waals surface area contributed by atoms with Crippen molar-refractivity contribution in [2.75, 3.05) is 40.8 Å². The lowest BCUT2D eigenvalue weighted by molar-refractivity contribution is -0.119. The Morgan fingerprint density at radius 1 is 0.861 bits per heavy atom. The molecule has 2 amide bonds. The van der Waals surface area contributed by atoms with Crippen LogP contribution >= 0.6 is 11.6 Å². The zero-order chi connectivity index (χ0) is 26.0. The van der Waals surface area contributed by atoms with Gasteiger partial charge in [-0.05, 0) is 53.6 Å². The van der Waals surface area contributed by atoms with E-state index < -0.39 is 12.0 Å². The van der Waals surface area contributed by atoms with Gasteiger partial charge in [-0.3, -0.25) is 9.59 Å². The van der Waals surface area contributed by atoms with Crippen molar-refractivity contribution in [1.82, 2.24) is 4.90 Å². The van der Waals surface area contributed by atoms with Crippen LogP contribution in [0.5, 0.6) is 23.0 Å². The highest BCUT2D eigenvalue weighted by atomic mass is 35.5. The van der Waals surface area contributed by atoms with Crippen molar-refractivity contribution in [3.63, 3.8) is 0 Å². The van der Waals surface area contributed by atoms with Gasteiger partial charge >= 0.3 is 0 Å². The summed E-state index contributed by atoms with van der Waals surface area (Å²) in [5.74, 6) is 0.486. The Balaban J connectivity index is 1.90. The quantitative estimate of drug-likeness (QED) is 0.485. The Labute approximate surface area is 214 Å². The molecule has 0 spiro atoms. The molecule has 1 heterocycles. The van der Waals surface area contributed by atoms with Gasteiger partial charge in [0.25, 0.3) is 5.91 Å². The Morgan fingerprint density at radius 2 is 1.50 bits per heavy atom. The van der Waals surface area contributed by atoms with Crippen LogP contribution in [0.15, 0.2) is 54.6 Å². The Hall–Kier alpha value is -3.91. The first-order valence-electron chi connectivity index (χ1n) is 11.1. The molecule has 0 bridgehead atoms. The number of nitrogens with one attached hydrogen (secondary N) is 1. The predicted molar refractivity (Wildman–Crippen MR) is 137 cm³/mol. The Bertz CT molecular complexity index is 1310. The van der Waals surface area contributed by atoms with Gasteiger partial charge in [-0.25, -0.2) is 0 Å². The lowest BCUT2D eigenvalue weighted by Crippen LogP contribution is -2.44. The van der Waals surface area contributed by atoms with E-state index in [1.165, 1.54) is 21.3 Å². The number of benzene rings is 3. The van der Waals surface area contributed by atoms with Crippen molar-refractivity contribution in [2.45, 2.75) is 12.0 Å². The van der Waals surface area contributed by atoms with Crippen LogP contribution in [-0.4, -0.2) is 52.2 Å². The molecule has 0 aliphatic carbocycles. The lowest BCUT2D eigenvalue weighted by atomic mass is 9.79. The fraction of sp³-hybridized carbons (Fsp3) is 0.259. The first-order valence-corrected chi connectivity index (χ1v) is 11.5. The van der Waals surface area contributed by atoms with E-state index in [1.807, 2.05) is 6.07 Å². The van der Waals surface area contributed by atoms with Gasteiger partial charge in [-0.1, -0.05) is 23.7 Å². The molecule has 0 fully saturated rings. The monoisotopic (exact) mass is 510 g/mol. The van der Waals surface area contributed by atoms with E-state index >= 15 is 0 Å². The molecule has 1 N–H and O–H groups in total. The van der Waals surface area contributed by atoms with E-state index in [-0.39, 0.29) is 11.8 Å². The molecule has 1 aliphatic heterocycles. The third kappa shape index (κ3) is 4.52. The van der Waals surface area contributed by atoms with E-state index in [2.05, 4.69) is 5.32 Å². The first kappa shape index (κ1) is 25.2. The van der Waals surface area contributed by atoms with Crippen LogP contribution in [-0.2, 0) is 4.79 Å². The molecular formula is C27H27ClN2O6. The van der Waals surface area contributed by atoms with Crippen molar-refractivity contribution in [3.05, 3.63) is 76.3 Å². The molecule has 0 aromatic heterocycles. The van der Waals surface area contributed by atoms with Crippen molar-refractivity contribution in [1.29, 1.82) is 0 Å². The van der Waals surface area contributed by atoms with Crippen LogP contribution in [0.3, 0.4) is 0 Å². The topological polar surface area (TPSA) is 86.3 Å². The van der Waals surface area contributed by atoms with Crippen molar-refractivity contribution in [3.8, 4) is 23.0 Å². The fourth-order valence-corrected chi connectivity index (χ4v) is 4.76. The summed E-state index contributed by atoms with van der Waals surface area (Å²) in [4.78, 5) is 29.0. The smallest absolute Gasteiger partial charge is 0.254 e. The number of anilines is 1. The number of likely N-dealkylation sites (N-methyl/N-ethyl adjacent to an activating group) is 1. The summed E-state index contributed by atoms with van der Waals surface area (Å²) < 4.78 is 21.8. The van der Waals surface area contributed by atoms with Gasteiger partial charge in [-0.2, -0.15) is 0 Å². The fourth-order valence-electron chi connectivity index (χ4n) is 4.57. The standard InChI is InChI=1S/C27H27ClN2O6/c1-30-25(15-9-10-20(33-2)21(11-15)34-3)24(26(31)29-17-8-6-7-16(28)12-17)18-13-22(35-4)23(36-5)14-19(18)27(30)32/h6-14,24-25H,1-5H3,(H,29,31)/t24-,25+/m1/s1. The molecule has 0 radical (unpaired) electrons. The molecule has 4 rings (SSSR count). The Kier molecular flexibility index (Phi) is 7.26. The van der Waals surface area contributed by atoms with Gasteiger partial charge in [-0.15, -0.1) is 0 Å². The number of hydrogen-bond acceptors (Lipinski definition) is 6. The van der Waals surface area contributed by atoms with E-state index in [0.717, 1.165) is 0 Å². The number of nitrogens with zero attached hydrogens (tertiary/aromatic N) is 1. The molecule has 0 unspecified atom stereocenters. The maximum absolute atomic E-state index is 13.9. The zero-order valence-corrected chi connectivity index (χ0v) is 21.4. The number of ether oxygens (including phenoxy) is 4. The molecule has 188 valence electrons. The van der Waals surface area contributed by atoms with Crippen molar-refractivity contribution in [2.24, 2.45) is 0 Å². The number of carbonyl (C=O) groups excluding carboxylic acids is 2. The average Bonchev–Trinajstić information content (AvgIpc) is 2.89. The third-order valence-corrected chi connectivity index (χ3v) is 6.53. The molecule has 3 aromatic carbocycles. The summed E-state index contributed by atoms with van der Waals surface area (Å²) in [6.07, 6.45) is 0. The molecule has 1 aliphatic rings. The van der Waals surface area contributed by atoms with Crippen LogP contribution in [0.25, 0.3) is 0 Å². The van der Waals surface area contributed by atoms with Gasteiger partial charge in [0.1, 0.15) is 0 Å². The lowest BCUT2D eigenvalue weighted by Gasteiger charge is -2.40. The molecule has 0 saturated heterocycles. The molecule has 8 nitrogen and oxygen atoms in total. The SMILES string of the molecule is COc1ccc([C@H]2[C@H](C(=O)Nc3cccc(Cl)c3)c3cc(OC)c(OC)cc3C(=O)N2C)cc1OC. The van der Waals surface area contributed by atoms with Crippen LogP contribution < -0.4 is 24.3 Å². The number of fused-ring (bicyclic) bond motifs is 1. The summed E-state index contributed by atoms with van der Waals surface area (Å²) in [5, 5.41) is 3.45. The van der Waals surface area contributed by atoms with E-state index in [9.17, 15) is 9.59 Å². The number of carbonyl (C=O) groups is 2. The summed E-state index contributed by atoms with van der Waals surface area (Å²) in [7, 11) is 7.76. The van der Waals surface area contributed by atoms with E-state index in [1.54, 1.807) is 67.6 Å². The third-order valence-electron chi connectivity index (χ3n) is 6.30. The van der Waals surface area contributed by atoms with Gasteiger partial charge in [0, 0.05) is 23.3 Å². The van der Waals surface area contributed by atoms with E-state index in [0.29, 0.717) is 50.4 Å². The molecule has 36 heavy (non-hydrogen) atoms.